The Kier molecular flexibility index (Phi) is 8.40. The molecule has 3 aliphatic rings. The maximum Gasteiger partial charge on any atom is 0.379 e. The van der Waals surface area contributed by atoms with Crippen LogP contribution in [0.2, 0.25) is 0 Å². The maximum atomic E-state index is 13.3. The Morgan fingerprint density at radius 2 is 2.09 bits per heavy atom. The van der Waals surface area contributed by atoms with Crippen molar-refractivity contribution in [3.8, 4) is 0 Å². The van der Waals surface area contributed by atoms with Gasteiger partial charge in [-0.1, -0.05) is 5.16 Å². The first-order valence-corrected chi connectivity index (χ1v) is 14.5. The molecule has 0 radical (unpaired) electrons. The maximum absolute atomic E-state index is 13.3. The lowest BCUT2D eigenvalue weighted by atomic mass is 9.82. The zero-order valence-corrected chi connectivity index (χ0v) is 25.2. The second-order valence-electron chi connectivity index (χ2n) is 10.6. The van der Waals surface area contributed by atoms with Crippen LogP contribution in [-0.2, 0) is 40.6 Å². The highest BCUT2D eigenvalue weighted by Gasteiger charge is 2.52. The SMILES string of the molecule is COC(C)(O/N=C(\C(=O)N[C@@H]1C(=O)N2C(C(=O)[O-])=C(/C=C3\CCN(c4ccc[n+](C)c4)C3=O)CC[C@H]12)c1csc(N)n1)C(=O)O. The lowest BCUT2D eigenvalue weighted by Crippen LogP contribution is -2.72. The van der Waals surface area contributed by atoms with Crippen LogP contribution < -0.4 is 25.6 Å². The molecule has 3 atom stereocenters. The summed E-state index contributed by atoms with van der Waals surface area (Å²) in [6.07, 6.45) is 6.00. The number of nitrogens with one attached hydrogen (secondary N) is 1. The highest BCUT2D eigenvalue weighted by atomic mass is 32.1. The molecule has 1 unspecified atom stereocenters. The van der Waals surface area contributed by atoms with E-state index >= 15 is 0 Å². The first kappa shape index (κ1) is 31.3. The number of aromatic nitrogens is 2. The molecule has 45 heavy (non-hydrogen) atoms. The second-order valence-corrected chi connectivity index (χ2v) is 11.5. The molecule has 2 saturated heterocycles. The average Bonchev–Trinajstić information content (AvgIpc) is 3.60. The largest absolute Gasteiger partial charge is 0.543 e. The lowest BCUT2D eigenvalue weighted by Gasteiger charge is -2.51. The van der Waals surface area contributed by atoms with Gasteiger partial charge in [-0.3, -0.25) is 14.4 Å². The van der Waals surface area contributed by atoms with Crippen LogP contribution in [0.3, 0.4) is 0 Å². The van der Waals surface area contributed by atoms with Crippen LogP contribution in [0.1, 0.15) is 31.9 Å². The van der Waals surface area contributed by atoms with Crippen LogP contribution in [0, 0.1) is 0 Å². The van der Waals surface area contributed by atoms with E-state index in [-0.39, 0.29) is 40.8 Å². The quantitative estimate of drug-likeness (QED) is 0.0683. The number of aliphatic carboxylic acids is 2. The molecule has 0 saturated carbocycles. The van der Waals surface area contributed by atoms with E-state index in [2.05, 4.69) is 15.5 Å². The summed E-state index contributed by atoms with van der Waals surface area (Å²) in [4.78, 5) is 75.3. The fourth-order valence-electron chi connectivity index (χ4n) is 5.26. The van der Waals surface area contributed by atoms with Gasteiger partial charge in [0.1, 0.15) is 24.5 Å². The minimum Gasteiger partial charge on any atom is -0.543 e. The summed E-state index contributed by atoms with van der Waals surface area (Å²) in [5.41, 5.74) is 6.17. The van der Waals surface area contributed by atoms with Crippen LogP contribution in [-0.4, -0.2) is 81.9 Å². The molecule has 236 valence electrons. The van der Waals surface area contributed by atoms with E-state index in [1.807, 2.05) is 23.9 Å². The van der Waals surface area contributed by atoms with Gasteiger partial charge in [-0.2, -0.15) is 0 Å². The molecule has 2 fully saturated rings. The van der Waals surface area contributed by atoms with Gasteiger partial charge in [0.15, 0.2) is 23.2 Å². The summed E-state index contributed by atoms with van der Waals surface area (Å²) >= 11 is 0.985. The Bertz CT molecular complexity index is 1700. The van der Waals surface area contributed by atoms with E-state index in [1.165, 1.54) is 11.5 Å². The topological polar surface area (TPSA) is 221 Å². The summed E-state index contributed by atoms with van der Waals surface area (Å²) in [6, 6.07) is 1.74. The number of carboxylic acids is 2. The lowest BCUT2D eigenvalue weighted by molar-refractivity contribution is -0.670. The Balaban J connectivity index is 1.36. The number of carbonyl (C=O) groups excluding carboxylic acids is 4. The Morgan fingerprint density at radius 1 is 1.33 bits per heavy atom. The van der Waals surface area contributed by atoms with Gasteiger partial charge in [-0.05, 0) is 37.0 Å². The predicted octanol–water partition coefficient (Wildman–Crippen LogP) is -1.43. The van der Waals surface area contributed by atoms with Crippen LogP contribution >= 0.6 is 11.3 Å². The van der Waals surface area contributed by atoms with Crippen LogP contribution in [0.5, 0.6) is 0 Å². The molecule has 16 nitrogen and oxygen atoms in total. The van der Waals surface area contributed by atoms with Crippen LogP contribution in [0.15, 0.2) is 58.0 Å². The van der Waals surface area contributed by atoms with E-state index in [1.54, 1.807) is 17.2 Å². The number of β-lactam (4-membered cyclic amide) rings is 1. The summed E-state index contributed by atoms with van der Waals surface area (Å²) in [7, 11) is 2.91. The molecule has 0 aromatic carbocycles. The van der Waals surface area contributed by atoms with Gasteiger partial charge in [0.2, 0.25) is 0 Å². The summed E-state index contributed by atoms with van der Waals surface area (Å²) in [5, 5.41) is 29.3. The van der Waals surface area contributed by atoms with Crippen molar-refractivity contribution in [1.82, 2.24) is 15.2 Å². The molecule has 5 rings (SSSR count). The van der Waals surface area contributed by atoms with Crippen molar-refractivity contribution in [3.05, 3.63) is 58.5 Å². The molecule has 0 spiro atoms. The van der Waals surface area contributed by atoms with Crippen molar-refractivity contribution < 1.29 is 48.3 Å². The summed E-state index contributed by atoms with van der Waals surface area (Å²) in [6.45, 7) is 1.48. The molecule has 5 heterocycles. The molecule has 4 N–H and O–H groups in total. The van der Waals surface area contributed by atoms with Crippen molar-refractivity contribution in [1.29, 1.82) is 0 Å². The van der Waals surface area contributed by atoms with Gasteiger partial charge >= 0.3 is 11.8 Å². The molecule has 3 aliphatic heterocycles. The number of nitrogens with two attached hydrogens (primary N) is 1. The third-order valence-electron chi connectivity index (χ3n) is 7.73. The van der Waals surface area contributed by atoms with Crippen molar-refractivity contribution >= 4 is 57.5 Å². The van der Waals surface area contributed by atoms with Gasteiger partial charge in [0.05, 0.1) is 17.7 Å². The fourth-order valence-corrected chi connectivity index (χ4v) is 5.81. The van der Waals surface area contributed by atoms with Crippen molar-refractivity contribution in [2.24, 2.45) is 12.2 Å². The monoisotopic (exact) mass is 639 g/mol. The Hall–Kier alpha value is -5.16. The van der Waals surface area contributed by atoms with Gasteiger partial charge in [0, 0.05) is 37.6 Å². The van der Waals surface area contributed by atoms with E-state index in [4.69, 9.17) is 15.3 Å². The molecular weight excluding hydrogens is 610 g/mol. The predicted molar refractivity (Wildman–Crippen MR) is 154 cm³/mol. The van der Waals surface area contributed by atoms with Crippen LogP contribution in [0.4, 0.5) is 10.8 Å². The smallest absolute Gasteiger partial charge is 0.379 e. The number of aryl methyl sites for hydroxylation is 1. The molecule has 2 aromatic rings. The number of hydrogen-bond donors (Lipinski definition) is 3. The minimum absolute atomic E-state index is 0.0464. The van der Waals surface area contributed by atoms with Crippen molar-refractivity contribution in [3.63, 3.8) is 0 Å². The number of carboxylic acid groups (broad SMARTS) is 2. The Morgan fingerprint density at radius 3 is 2.71 bits per heavy atom. The molecule has 0 bridgehead atoms. The number of amides is 3. The van der Waals surface area contributed by atoms with E-state index in [0.717, 1.165) is 30.3 Å². The zero-order valence-electron chi connectivity index (χ0n) is 24.4. The van der Waals surface area contributed by atoms with E-state index in [9.17, 15) is 34.2 Å². The number of carbonyl (C=O) groups is 5. The number of allylic oxidation sites excluding steroid dienone is 2. The molecule has 17 heteroatoms. The highest BCUT2D eigenvalue weighted by molar-refractivity contribution is 7.13. The second kappa shape index (κ2) is 12.1. The first-order valence-electron chi connectivity index (χ1n) is 13.7. The summed E-state index contributed by atoms with van der Waals surface area (Å²) in [5.74, 6) is -7.28. The van der Waals surface area contributed by atoms with E-state index in [0.29, 0.717) is 24.2 Å². The number of rotatable bonds is 10. The number of nitrogens with zero attached hydrogens (tertiary/aromatic N) is 5. The van der Waals surface area contributed by atoms with Crippen LogP contribution in [0.25, 0.3) is 0 Å². The van der Waals surface area contributed by atoms with Gasteiger partial charge in [-0.25, -0.2) is 14.3 Å². The molecule has 0 aliphatic carbocycles. The third-order valence-corrected chi connectivity index (χ3v) is 8.41. The van der Waals surface area contributed by atoms with Crippen molar-refractivity contribution in [2.45, 2.75) is 44.1 Å². The molecular formula is C28H29N7O9S. The van der Waals surface area contributed by atoms with Gasteiger partial charge < -0.3 is 45.4 Å². The zero-order chi connectivity index (χ0) is 32.6. The minimum atomic E-state index is -2.24. The number of oxime groups is 1. The highest BCUT2D eigenvalue weighted by Crippen LogP contribution is 2.38. The van der Waals surface area contributed by atoms with Crippen molar-refractivity contribution in [2.75, 3.05) is 24.3 Å². The normalized spacial score (nSPS) is 22.2. The Labute approximate surface area is 260 Å². The summed E-state index contributed by atoms with van der Waals surface area (Å²) < 4.78 is 6.66. The molecule has 3 amide bonds. The number of hydrogen-bond acceptors (Lipinski definition) is 12. The third kappa shape index (κ3) is 5.86. The standard InChI is InChI=1S/C28H29N7O9S/c1-28(43-3,26(41)42)44-32-19(17-13-45-27(29)30-17)22(36)31-20-18-7-6-14(21(25(39)40)35(18)24(20)38)11-15-8-10-34(23(15)37)16-5-4-9-33(2)12-16/h4-5,9,11-13,18,20H,6-8,10H2,1-3H3,(H4-,29,30,31,36,39,40,41,42)/b15-11+,32-19-/t18-,20+,28?/m1/s1. The molecule has 2 aromatic heterocycles. The number of anilines is 2. The number of fused-ring (bicyclic) bond motifs is 1. The number of nitrogen functional groups attached to an aromatic ring is 1. The number of methoxy groups -OCH3 is 1. The fraction of sp³-hybridized carbons (Fsp3) is 0.357. The van der Waals surface area contributed by atoms with E-state index < -0.39 is 47.3 Å². The number of pyridine rings is 1. The first-order chi connectivity index (χ1) is 21.3. The number of thiazole rings is 1. The van der Waals surface area contributed by atoms with Gasteiger partial charge in [0.25, 0.3) is 17.7 Å². The van der Waals surface area contributed by atoms with Gasteiger partial charge in [-0.15, -0.1) is 11.3 Å². The average molecular weight is 640 g/mol. The number of ether oxygens (including phenoxy) is 1.